The summed E-state index contributed by atoms with van der Waals surface area (Å²) in [5, 5.41) is 6.81. The van der Waals surface area contributed by atoms with Crippen LogP contribution in [0.2, 0.25) is 0 Å². The molecule has 0 saturated carbocycles. The van der Waals surface area contributed by atoms with Crippen LogP contribution in [0.3, 0.4) is 0 Å². The lowest BCUT2D eigenvalue weighted by molar-refractivity contribution is 0.164. The molecule has 1 aromatic heterocycles. The van der Waals surface area contributed by atoms with Gasteiger partial charge in [-0.05, 0) is 18.8 Å². The molecule has 0 bridgehead atoms. The summed E-state index contributed by atoms with van der Waals surface area (Å²) >= 11 is 0. The number of aromatic nitrogens is 2. The van der Waals surface area contributed by atoms with Gasteiger partial charge in [-0.2, -0.15) is 0 Å². The predicted octanol–water partition coefficient (Wildman–Crippen LogP) is 2.95. The number of anilines is 2. The minimum atomic E-state index is 0.455. The molecule has 0 radical (unpaired) electrons. The van der Waals surface area contributed by atoms with Crippen LogP contribution in [-0.4, -0.2) is 36.8 Å². The van der Waals surface area contributed by atoms with E-state index in [1.807, 2.05) is 0 Å². The minimum Gasteiger partial charge on any atom is -0.384 e. The summed E-state index contributed by atoms with van der Waals surface area (Å²) in [4.78, 5) is 8.77. The third-order valence-electron chi connectivity index (χ3n) is 3.06. The van der Waals surface area contributed by atoms with Gasteiger partial charge in [-0.3, -0.25) is 0 Å². The van der Waals surface area contributed by atoms with Gasteiger partial charge in [0.15, 0.2) is 0 Å². The maximum absolute atomic E-state index is 5.16. The first-order valence-electron chi connectivity index (χ1n) is 7.53. The summed E-state index contributed by atoms with van der Waals surface area (Å²) in [6.45, 7) is 9.03. The Labute approximate surface area is 122 Å². The van der Waals surface area contributed by atoms with Gasteiger partial charge >= 0.3 is 0 Å². The third kappa shape index (κ3) is 5.33. The van der Waals surface area contributed by atoms with Crippen molar-refractivity contribution >= 4 is 11.6 Å². The van der Waals surface area contributed by atoms with Crippen LogP contribution in [0, 0.1) is 5.92 Å². The highest BCUT2D eigenvalue weighted by molar-refractivity contribution is 5.57. The van der Waals surface area contributed by atoms with E-state index < -0.39 is 0 Å². The Hall–Kier alpha value is -1.36. The zero-order valence-electron chi connectivity index (χ0n) is 13.2. The van der Waals surface area contributed by atoms with E-state index >= 15 is 0 Å². The average Bonchev–Trinajstić information content (AvgIpc) is 2.45. The van der Waals surface area contributed by atoms with E-state index in [-0.39, 0.29) is 0 Å². The predicted molar refractivity (Wildman–Crippen MR) is 84.3 cm³/mol. The monoisotopic (exact) mass is 280 g/mol. The quantitative estimate of drug-likeness (QED) is 0.690. The van der Waals surface area contributed by atoms with E-state index in [0.717, 1.165) is 50.6 Å². The Morgan fingerprint density at radius 3 is 2.45 bits per heavy atom. The molecule has 1 aromatic rings. The van der Waals surface area contributed by atoms with Crippen molar-refractivity contribution < 1.29 is 4.74 Å². The number of rotatable bonds is 10. The van der Waals surface area contributed by atoms with E-state index in [0.29, 0.717) is 5.92 Å². The summed E-state index contributed by atoms with van der Waals surface area (Å²) in [5.74, 6) is 2.37. The van der Waals surface area contributed by atoms with Crippen LogP contribution < -0.4 is 10.6 Å². The smallest absolute Gasteiger partial charge is 0.134 e. The van der Waals surface area contributed by atoms with Crippen molar-refractivity contribution in [1.29, 1.82) is 0 Å². The standard InChI is InChI=1S/C15H28N4O/c1-5-7-13-14(16-8-6-2)18-11-19-15(13)17-9-12(3)10-20-4/h11-12H,5-10H2,1-4H3,(H2,16,17,18,19). The van der Waals surface area contributed by atoms with Gasteiger partial charge in [0.2, 0.25) is 0 Å². The van der Waals surface area contributed by atoms with Crippen LogP contribution in [0.15, 0.2) is 6.33 Å². The first kappa shape index (κ1) is 16.7. The lowest BCUT2D eigenvalue weighted by atomic mass is 10.1. The zero-order valence-corrected chi connectivity index (χ0v) is 13.2. The van der Waals surface area contributed by atoms with Gasteiger partial charge in [0, 0.05) is 25.8 Å². The molecule has 5 nitrogen and oxygen atoms in total. The van der Waals surface area contributed by atoms with Crippen molar-refractivity contribution in [3.05, 3.63) is 11.9 Å². The van der Waals surface area contributed by atoms with Gasteiger partial charge in [-0.1, -0.05) is 27.2 Å². The van der Waals surface area contributed by atoms with Crippen molar-refractivity contribution in [2.24, 2.45) is 5.92 Å². The number of nitrogens with zero attached hydrogens (tertiary/aromatic N) is 2. The summed E-state index contributed by atoms with van der Waals surface area (Å²) in [5.41, 5.74) is 1.19. The maximum atomic E-state index is 5.16. The molecule has 0 aromatic carbocycles. The molecule has 2 N–H and O–H groups in total. The first-order valence-corrected chi connectivity index (χ1v) is 7.53. The molecule has 0 fully saturated rings. The van der Waals surface area contributed by atoms with Gasteiger partial charge in [-0.15, -0.1) is 0 Å². The second kappa shape index (κ2) is 9.53. The Balaban J connectivity index is 2.77. The molecule has 114 valence electrons. The fraction of sp³-hybridized carbons (Fsp3) is 0.733. The van der Waals surface area contributed by atoms with Gasteiger partial charge in [0.1, 0.15) is 18.0 Å². The van der Waals surface area contributed by atoms with Gasteiger partial charge in [0.25, 0.3) is 0 Å². The lowest BCUT2D eigenvalue weighted by Gasteiger charge is -2.17. The highest BCUT2D eigenvalue weighted by Crippen LogP contribution is 2.21. The fourth-order valence-electron chi connectivity index (χ4n) is 2.06. The van der Waals surface area contributed by atoms with Crippen molar-refractivity contribution in [2.45, 2.75) is 40.0 Å². The van der Waals surface area contributed by atoms with Crippen LogP contribution in [0.4, 0.5) is 11.6 Å². The molecule has 0 saturated heterocycles. The van der Waals surface area contributed by atoms with E-state index in [4.69, 9.17) is 4.74 Å². The topological polar surface area (TPSA) is 59.1 Å². The molecule has 0 aliphatic carbocycles. The maximum Gasteiger partial charge on any atom is 0.134 e. The van der Waals surface area contributed by atoms with Crippen molar-refractivity contribution in [2.75, 3.05) is 37.4 Å². The molecule has 0 aliphatic rings. The summed E-state index contributed by atoms with van der Waals surface area (Å²) in [7, 11) is 1.73. The van der Waals surface area contributed by atoms with E-state index in [9.17, 15) is 0 Å². The molecular weight excluding hydrogens is 252 g/mol. The van der Waals surface area contributed by atoms with E-state index in [1.165, 1.54) is 5.56 Å². The number of methoxy groups -OCH3 is 1. The molecule has 1 rings (SSSR count). The van der Waals surface area contributed by atoms with E-state index in [1.54, 1.807) is 13.4 Å². The highest BCUT2D eigenvalue weighted by atomic mass is 16.5. The SMILES string of the molecule is CCCNc1ncnc(NCC(C)COC)c1CCC. The second-order valence-corrected chi connectivity index (χ2v) is 5.17. The molecule has 20 heavy (non-hydrogen) atoms. The van der Waals surface area contributed by atoms with Crippen molar-refractivity contribution in [3.63, 3.8) is 0 Å². The number of nitrogens with one attached hydrogen (secondary N) is 2. The van der Waals surface area contributed by atoms with Crippen molar-refractivity contribution in [1.82, 2.24) is 9.97 Å². The van der Waals surface area contributed by atoms with E-state index in [2.05, 4.69) is 41.4 Å². The molecule has 0 amide bonds. The number of hydrogen-bond donors (Lipinski definition) is 2. The molecule has 5 heteroatoms. The second-order valence-electron chi connectivity index (χ2n) is 5.17. The van der Waals surface area contributed by atoms with Crippen LogP contribution >= 0.6 is 0 Å². The van der Waals surface area contributed by atoms with Crippen LogP contribution in [0.5, 0.6) is 0 Å². The third-order valence-corrected chi connectivity index (χ3v) is 3.06. The largest absolute Gasteiger partial charge is 0.384 e. The van der Waals surface area contributed by atoms with Gasteiger partial charge < -0.3 is 15.4 Å². The Morgan fingerprint density at radius 2 is 1.85 bits per heavy atom. The fourth-order valence-corrected chi connectivity index (χ4v) is 2.06. The van der Waals surface area contributed by atoms with Crippen LogP contribution in [0.1, 0.15) is 39.2 Å². The van der Waals surface area contributed by atoms with Crippen LogP contribution in [-0.2, 0) is 11.2 Å². The van der Waals surface area contributed by atoms with Crippen molar-refractivity contribution in [3.8, 4) is 0 Å². The van der Waals surface area contributed by atoms with Gasteiger partial charge in [-0.25, -0.2) is 9.97 Å². The average molecular weight is 280 g/mol. The first-order chi connectivity index (χ1) is 9.72. The minimum absolute atomic E-state index is 0.455. The summed E-state index contributed by atoms with van der Waals surface area (Å²) in [6, 6.07) is 0. The summed E-state index contributed by atoms with van der Waals surface area (Å²) in [6.07, 6.45) is 4.77. The lowest BCUT2D eigenvalue weighted by Crippen LogP contribution is -2.18. The molecule has 1 atom stereocenters. The Morgan fingerprint density at radius 1 is 1.15 bits per heavy atom. The molecule has 0 aliphatic heterocycles. The number of hydrogen-bond acceptors (Lipinski definition) is 5. The van der Waals surface area contributed by atoms with Crippen LogP contribution in [0.25, 0.3) is 0 Å². The Bertz CT molecular complexity index is 384. The molecular formula is C15H28N4O. The molecule has 1 unspecified atom stereocenters. The normalized spacial score (nSPS) is 12.2. The number of ether oxygens (including phenoxy) is 1. The molecule has 0 spiro atoms. The zero-order chi connectivity index (χ0) is 14.8. The summed E-state index contributed by atoms with van der Waals surface area (Å²) < 4.78 is 5.16. The highest BCUT2D eigenvalue weighted by Gasteiger charge is 2.11. The Kier molecular flexibility index (Phi) is 7.95. The molecule has 1 heterocycles. The van der Waals surface area contributed by atoms with Gasteiger partial charge in [0.05, 0.1) is 6.61 Å².